The molecule has 2 amide bonds. The number of aliphatic hydroxyl groups excluding tert-OH is 1. The predicted molar refractivity (Wildman–Crippen MR) is 132 cm³/mol. The molecule has 178 valence electrons. The van der Waals surface area contributed by atoms with E-state index in [-0.39, 0.29) is 46.9 Å². The Balaban J connectivity index is 1.43. The molecule has 0 bridgehead atoms. The highest BCUT2D eigenvalue weighted by Crippen LogP contribution is 2.55. The third kappa shape index (κ3) is 5.02. The maximum atomic E-state index is 12.9. The molecule has 7 unspecified atom stereocenters. The molecule has 2 aromatic rings. The standard InChI is InChI=1S/C27H36N2O3S/c1-17(25(31)28-16-20-10-7-15-33-20)21-11-13-27(3)14-12-22(18(2)23(27)24(21)30)29-26(32)19-8-5-4-6-9-19/h4-10,15,17-18,21-24,30H,11-14,16H2,1-3H3,(H,28,31)(H,29,32). The van der Waals surface area contributed by atoms with Gasteiger partial charge in [0, 0.05) is 22.4 Å². The highest BCUT2D eigenvalue weighted by Gasteiger charge is 2.53. The molecule has 0 radical (unpaired) electrons. The summed E-state index contributed by atoms with van der Waals surface area (Å²) in [4.78, 5) is 26.8. The van der Waals surface area contributed by atoms with Crippen LogP contribution in [0.25, 0.3) is 0 Å². The molecule has 7 atom stereocenters. The molecule has 5 nitrogen and oxygen atoms in total. The van der Waals surface area contributed by atoms with Crippen molar-refractivity contribution in [2.24, 2.45) is 29.1 Å². The molecular formula is C27H36N2O3S. The Labute approximate surface area is 201 Å². The summed E-state index contributed by atoms with van der Waals surface area (Å²) in [6.45, 7) is 6.92. The van der Waals surface area contributed by atoms with Gasteiger partial charge in [-0.15, -0.1) is 11.3 Å². The summed E-state index contributed by atoms with van der Waals surface area (Å²) in [5.41, 5.74) is 0.701. The molecule has 2 aliphatic carbocycles. The molecule has 2 saturated carbocycles. The average Bonchev–Trinajstić information content (AvgIpc) is 3.33. The SMILES string of the molecule is CC(C(=O)NCc1cccs1)C1CCC2(C)CCC(NC(=O)c3ccccc3)C(C)C2C1O. The summed E-state index contributed by atoms with van der Waals surface area (Å²) in [6.07, 6.45) is 3.20. The minimum Gasteiger partial charge on any atom is -0.392 e. The summed E-state index contributed by atoms with van der Waals surface area (Å²) < 4.78 is 0. The minimum absolute atomic E-state index is 0.00782. The van der Waals surface area contributed by atoms with Gasteiger partial charge in [0.1, 0.15) is 0 Å². The molecule has 4 rings (SSSR count). The van der Waals surface area contributed by atoms with Crippen LogP contribution < -0.4 is 10.6 Å². The lowest BCUT2D eigenvalue weighted by atomic mass is 9.51. The van der Waals surface area contributed by atoms with Crippen molar-refractivity contribution in [3.8, 4) is 0 Å². The first-order valence-electron chi connectivity index (χ1n) is 12.1. The van der Waals surface area contributed by atoms with Gasteiger partial charge in [0.25, 0.3) is 5.91 Å². The average molecular weight is 469 g/mol. The molecule has 0 saturated heterocycles. The van der Waals surface area contributed by atoms with Crippen LogP contribution in [0.5, 0.6) is 0 Å². The Hall–Kier alpha value is -2.18. The van der Waals surface area contributed by atoms with E-state index in [1.165, 1.54) is 0 Å². The molecule has 3 N–H and O–H groups in total. The lowest BCUT2D eigenvalue weighted by Gasteiger charge is -2.56. The first-order valence-corrected chi connectivity index (χ1v) is 13.0. The van der Waals surface area contributed by atoms with Crippen molar-refractivity contribution >= 4 is 23.2 Å². The first kappa shape index (κ1) is 24.0. The predicted octanol–water partition coefficient (Wildman–Crippen LogP) is 4.62. The number of amides is 2. The van der Waals surface area contributed by atoms with Crippen LogP contribution in [0.15, 0.2) is 47.8 Å². The number of hydrogen-bond donors (Lipinski definition) is 3. The number of benzene rings is 1. The highest BCUT2D eigenvalue weighted by atomic mass is 32.1. The van der Waals surface area contributed by atoms with Crippen LogP contribution in [0.4, 0.5) is 0 Å². The number of carbonyl (C=O) groups is 2. The molecule has 2 fully saturated rings. The van der Waals surface area contributed by atoms with Crippen LogP contribution in [-0.4, -0.2) is 29.1 Å². The van der Waals surface area contributed by atoms with Gasteiger partial charge < -0.3 is 15.7 Å². The Morgan fingerprint density at radius 2 is 1.88 bits per heavy atom. The lowest BCUT2D eigenvalue weighted by Crippen LogP contribution is -2.58. The van der Waals surface area contributed by atoms with Crippen molar-refractivity contribution in [2.75, 3.05) is 0 Å². The molecule has 0 spiro atoms. The highest BCUT2D eigenvalue weighted by molar-refractivity contribution is 7.09. The van der Waals surface area contributed by atoms with Gasteiger partial charge in [-0.25, -0.2) is 0 Å². The smallest absolute Gasteiger partial charge is 0.251 e. The number of nitrogens with one attached hydrogen (secondary N) is 2. The van der Waals surface area contributed by atoms with Gasteiger partial charge in [-0.2, -0.15) is 0 Å². The number of hydrogen-bond acceptors (Lipinski definition) is 4. The molecule has 33 heavy (non-hydrogen) atoms. The van der Waals surface area contributed by atoms with Crippen LogP contribution >= 0.6 is 11.3 Å². The van der Waals surface area contributed by atoms with Crippen molar-refractivity contribution in [3.63, 3.8) is 0 Å². The van der Waals surface area contributed by atoms with Crippen molar-refractivity contribution in [2.45, 2.75) is 65.1 Å². The second kappa shape index (κ2) is 9.98. The van der Waals surface area contributed by atoms with E-state index in [1.807, 2.05) is 54.8 Å². The quantitative estimate of drug-likeness (QED) is 0.579. The maximum absolute atomic E-state index is 12.9. The summed E-state index contributed by atoms with van der Waals surface area (Å²) >= 11 is 1.63. The molecule has 2 aliphatic rings. The zero-order valence-corrected chi connectivity index (χ0v) is 20.6. The fraction of sp³-hybridized carbons (Fsp3) is 0.556. The lowest BCUT2D eigenvalue weighted by molar-refractivity contribution is -0.142. The first-order chi connectivity index (χ1) is 15.8. The molecular weight excluding hydrogens is 432 g/mol. The van der Waals surface area contributed by atoms with Gasteiger partial charge >= 0.3 is 0 Å². The largest absolute Gasteiger partial charge is 0.392 e. The molecule has 1 aromatic heterocycles. The maximum Gasteiger partial charge on any atom is 0.251 e. The van der Waals surface area contributed by atoms with E-state index >= 15 is 0 Å². The number of rotatable bonds is 6. The number of aliphatic hydroxyl groups is 1. The Bertz CT molecular complexity index is 948. The second-order valence-corrected chi connectivity index (χ2v) is 11.3. The number of fused-ring (bicyclic) bond motifs is 1. The summed E-state index contributed by atoms with van der Waals surface area (Å²) in [5.74, 6) is -0.185. The van der Waals surface area contributed by atoms with E-state index in [0.29, 0.717) is 12.1 Å². The van der Waals surface area contributed by atoms with Gasteiger partial charge in [0.05, 0.1) is 12.6 Å². The van der Waals surface area contributed by atoms with Crippen LogP contribution in [-0.2, 0) is 11.3 Å². The van der Waals surface area contributed by atoms with E-state index < -0.39 is 6.10 Å². The van der Waals surface area contributed by atoms with Gasteiger partial charge in [0.15, 0.2) is 0 Å². The van der Waals surface area contributed by atoms with Crippen molar-refractivity contribution in [3.05, 3.63) is 58.3 Å². The molecule has 1 heterocycles. The number of carbonyl (C=O) groups excluding carboxylic acids is 2. The minimum atomic E-state index is -0.558. The van der Waals surface area contributed by atoms with Crippen LogP contribution in [0.2, 0.25) is 0 Å². The second-order valence-electron chi connectivity index (χ2n) is 10.3. The van der Waals surface area contributed by atoms with E-state index in [0.717, 1.165) is 30.6 Å². The zero-order chi connectivity index (χ0) is 23.6. The normalized spacial score (nSPS) is 32.4. The zero-order valence-electron chi connectivity index (χ0n) is 19.8. The van der Waals surface area contributed by atoms with Gasteiger partial charge in [0.2, 0.25) is 5.91 Å². The van der Waals surface area contributed by atoms with E-state index in [9.17, 15) is 14.7 Å². The third-order valence-corrected chi connectivity index (χ3v) is 9.19. The molecule has 6 heteroatoms. The van der Waals surface area contributed by atoms with Crippen molar-refractivity contribution in [1.29, 1.82) is 0 Å². The summed E-state index contributed by atoms with van der Waals surface area (Å²) in [6, 6.07) is 13.3. The molecule has 0 aliphatic heterocycles. The number of thiophene rings is 1. The monoisotopic (exact) mass is 468 g/mol. The Morgan fingerprint density at radius 1 is 1.15 bits per heavy atom. The van der Waals surface area contributed by atoms with Gasteiger partial charge in [-0.1, -0.05) is 45.0 Å². The topological polar surface area (TPSA) is 78.4 Å². The third-order valence-electron chi connectivity index (χ3n) is 8.31. The van der Waals surface area contributed by atoms with Gasteiger partial charge in [-0.3, -0.25) is 9.59 Å². The fourth-order valence-electron chi connectivity index (χ4n) is 6.28. The van der Waals surface area contributed by atoms with Crippen LogP contribution in [0, 0.1) is 29.1 Å². The van der Waals surface area contributed by atoms with Gasteiger partial charge in [-0.05, 0) is 72.4 Å². The summed E-state index contributed by atoms with van der Waals surface area (Å²) in [7, 11) is 0. The molecule has 1 aromatic carbocycles. The van der Waals surface area contributed by atoms with Crippen molar-refractivity contribution < 1.29 is 14.7 Å². The Morgan fingerprint density at radius 3 is 2.58 bits per heavy atom. The van der Waals surface area contributed by atoms with E-state index in [4.69, 9.17) is 0 Å². The van der Waals surface area contributed by atoms with Crippen LogP contribution in [0.1, 0.15) is 61.7 Å². The fourth-order valence-corrected chi connectivity index (χ4v) is 6.93. The Kier molecular flexibility index (Phi) is 7.25. The summed E-state index contributed by atoms with van der Waals surface area (Å²) in [5, 5.41) is 19.8. The van der Waals surface area contributed by atoms with Crippen molar-refractivity contribution in [1.82, 2.24) is 10.6 Å². The van der Waals surface area contributed by atoms with E-state index in [1.54, 1.807) is 11.3 Å². The van der Waals surface area contributed by atoms with Crippen LogP contribution in [0.3, 0.4) is 0 Å². The van der Waals surface area contributed by atoms with E-state index in [2.05, 4.69) is 24.5 Å².